The molecular weight excluding hydrogens is 298 g/mol. The van der Waals surface area contributed by atoms with Crippen LogP contribution >= 0.6 is 31.9 Å². The van der Waals surface area contributed by atoms with E-state index in [1.807, 2.05) is 0 Å². The van der Waals surface area contributed by atoms with E-state index < -0.39 is 0 Å². The van der Waals surface area contributed by atoms with Crippen LogP contribution in [0.4, 0.5) is 0 Å². The normalized spacial score (nSPS) is 10.0. The molecule has 0 aromatic carbocycles. The second-order valence-corrected chi connectivity index (χ2v) is 4.09. The number of hydrogen-bond acceptors (Lipinski definition) is 2. The van der Waals surface area contributed by atoms with Crippen LogP contribution in [-0.4, -0.2) is 11.6 Å². The fourth-order valence-corrected chi connectivity index (χ4v) is 1.98. The molecule has 0 saturated heterocycles. The summed E-state index contributed by atoms with van der Waals surface area (Å²) in [5.74, 6) is 0. The summed E-state index contributed by atoms with van der Waals surface area (Å²) in [7, 11) is 0. The molecule has 0 fully saturated rings. The predicted molar refractivity (Wildman–Crippen MR) is 59.5 cm³/mol. The Bertz CT molecular complexity index is 281. The molecule has 4 heteroatoms. The maximum Gasteiger partial charge on any atom is 0.0744 e. The molecule has 1 aromatic heterocycles. The first-order valence-electron chi connectivity index (χ1n) is 3.72. The maximum absolute atomic E-state index is 5.32. The van der Waals surface area contributed by atoms with Crippen LogP contribution in [0.2, 0.25) is 0 Å². The van der Waals surface area contributed by atoms with Gasteiger partial charge in [0.05, 0.1) is 13.2 Å². The summed E-state index contributed by atoms with van der Waals surface area (Å²) >= 11 is 6.80. The number of pyridine rings is 1. The number of aromatic nitrogens is 1. The van der Waals surface area contributed by atoms with E-state index in [-0.39, 0.29) is 0 Å². The second kappa shape index (κ2) is 5.52. The van der Waals surface area contributed by atoms with Crippen molar-refractivity contribution in [3.63, 3.8) is 0 Å². The number of hydrogen-bond donors (Lipinski definition) is 0. The van der Waals surface area contributed by atoms with Gasteiger partial charge in [-0.15, -0.1) is 6.58 Å². The average Bonchev–Trinajstić information content (AvgIpc) is 2.10. The Hall–Kier alpha value is -0.190. The summed E-state index contributed by atoms with van der Waals surface area (Å²) in [4.78, 5) is 4.00. The van der Waals surface area contributed by atoms with Crippen molar-refractivity contribution in [3.8, 4) is 0 Å². The third-order valence-corrected chi connectivity index (χ3v) is 2.80. The van der Waals surface area contributed by atoms with Gasteiger partial charge < -0.3 is 4.74 Å². The molecule has 1 rings (SSSR count). The molecule has 0 aliphatic heterocycles. The first kappa shape index (κ1) is 10.9. The largest absolute Gasteiger partial charge is 0.373 e. The third kappa shape index (κ3) is 3.21. The van der Waals surface area contributed by atoms with Crippen molar-refractivity contribution in [1.82, 2.24) is 4.98 Å². The summed E-state index contributed by atoms with van der Waals surface area (Å²) in [6.45, 7) is 4.68. The van der Waals surface area contributed by atoms with Gasteiger partial charge in [-0.05, 0) is 31.9 Å². The molecule has 0 saturated carbocycles. The number of nitrogens with zero attached hydrogens (tertiary/aromatic N) is 1. The van der Waals surface area contributed by atoms with E-state index in [2.05, 4.69) is 43.4 Å². The molecule has 0 amide bonds. The average molecular weight is 307 g/mol. The van der Waals surface area contributed by atoms with Crippen molar-refractivity contribution in [2.24, 2.45) is 0 Å². The van der Waals surface area contributed by atoms with Gasteiger partial charge in [-0.25, -0.2) is 0 Å². The highest BCUT2D eigenvalue weighted by Crippen LogP contribution is 2.24. The van der Waals surface area contributed by atoms with E-state index in [1.165, 1.54) is 0 Å². The van der Waals surface area contributed by atoms with Crippen molar-refractivity contribution in [2.45, 2.75) is 6.61 Å². The standard InChI is InChI=1S/C9H9Br2NO/c1-2-3-13-6-7-8(10)4-12-5-9(7)11/h2,4-5H,1,3,6H2. The van der Waals surface area contributed by atoms with Gasteiger partial charge in [-0.3, -0.25) is 4.98 Å². The SMILES string of the molecule is C=CCOCc1c(Br)cncc1Br. The van der Waals surface area contributed by atoms with Gasteiger partial charge in [0.25, 0.3) is 0 Å². The topological polar surface area (TPSA) is 22.1 Å². The molecule has 0 N–H and O–H groups in total. The van der Waals surface area contributed by atoms with Crippen molar-refractivity contribution < 1.29 is 4.74 Å². The third-order valence-electron chi connectivity index (χ3n) is 1.43. The number of rotatable bonds is 4. The Morgan fingerprint density at radius 1 is 1.38 bits per heavy atom. The summed E-state index contributed by atoms with van der Waals surface area (Å²) in [5.41, 5.74) is 1.07. The van der Waals surface area contributed by atoms with E-state index >= 15 is 0 Å². The Morgan fingerprint density at radius 3 is 2.54 bits per heavy atom. The van der Waals surface area contributed by atoms with Crippen molar-refractivity contribution in [1.29, 1.82) is 0 Å². The predicted octanol–water partition coefficient (Wildman–Crippen LogP) is 3.31. The second-order valence-electron chi connectivity index (χ2n) is 2.39. The van der Waals surface area contributed by atoms with Crippen LogP contribution in [0.3, 0.4) is 0 Å². The number of halogens is 2. The van der Waals surface area contributed by atoms with Gasteiger partial charge in [-0.1, -0.05) is 6.08 Å². The first-order chi connectivity index (χ1) is 6.25. The molecule has 0 atom stereocenters. The van der Waals surface area contributed by atoms with Crippen LogP contribution in [-0.2, 0) is 11.3 Å². The van der Waals surface area contributed by atoms with Crippen molar-refractivity contribution in [2.75, 3.05) is 6.61 Å². The summed E-state index contributed by atoms with van der Waals surface area (Å²) in [5, 5.41) is 0. The van der Waals surface area contributed by atoms with Gasteiger partial charge in [-0.2, -0.15) is 0 Å². The Balaban J connectivity index is 2.69. The van der Waals surface area contributed by atoms with Crippen LogP contribution in [0.1, 0.15) is 5.56 Å². The first-order valence-corrected chi connectivity index (χ1v) is 5.31. The lowest BCUT2D eigenvalue weighted by Crippen LogP contribution is -1.95. The molecule has 2 nitrogen and oxygen atoms in total. The minimum Gasteiger partial charge on any atom is -0.373 e. The van der Waals surface area contributed by atoms with E-state index in [0.717, 1.165) is 14.5 Å². The zero-order valence-corrected chi connectivity index (χ0v) is 10.1. The molecule has 0 unspecified atom stereocenters. The van der Waals surface area contributed by atoms with Crippen LogP contribution in [0.5, 0.6) is 0 Å². The molecule has 1 aromatic rings. The van der Waals surface area contributed by atoms with Gasteiger partial charge in [0, 0.05) is 26.9 Å². The minimum atomic E-state index is 0.551. The molecular formula is C9H9Br2NO. The van der Waals surface area contributed by atoms with Gasteiger partial charge in [0.1, 0.15) is 0 Å². The Morgan fingerprint density at radius 2 is 2.00 bits per heavy atom. The summed E-state index contributed by atoms with van der Waals surface area (Å²) in [6.07, 6.45) is 5.22. The van der Waals surface area contributed by atoms with Crippen LogP contribution in [0.15, 0.2) is 34.0 Å². The zero-order chi connectivity index (χ0) is 9.68. The van der Waals surface area contributed by atoms with Gasteiger partial charge in [0.2, 0.25) is 0 Å². The lowest BCUT2D eigenvalue weighted by molar-refractivity contribution is 0.148. The van der Waals surface area contributed by atoms with Gasteiger partial charge >= 0.3 is 0 Å². The molecule has 0 bridgehead atoms. The van der Waals surface area contributed by atoms with Crippen LogP contribution in [0, 0.1) is 0 Å². The maximum atomic E-state index is 5.32. The highest BCUT2D eigenvalue weighted by Gasteiger charge is 2.04. The van der Waals surface area contributed by atoms with Crippen molar-refractivity contribution in [3.05, 3.63) is 39.6 Å². The minimum absolute atomic E-state index is 0.551. The van der Waals surface area contributed by atoms with E-state index in [1.54, 1.807) is 18.5 Å². The van der Waals surface area contributed by atoms with E-state index in [4.69, 9.17) is 4.74 Å². The molecule has 1 heterocycles. The highest BCUT2D eigenvalue weighted by atomic mass is 79.9. The highest BCUT2D eigenvalue weighted by molar-refractivity contribution is 9.11. The summed E-state index contributed by atoms with van der Waals surface area (Å²) < 4.78 is 7.22. The Kier molecular flexibility index (Phi) is 4.62. The summed E-state index contributed by atoms with van der Waals surface area (Å²) in [6, 6.07) is 0. The molecule has 0 aliphatic rings. The quantitative estimate of drug-likeness (QED) is 0.629. The molecule has 13 heavy (non-hydrogen) atoms. The van der Waals surface area contributed by atoms with Crippen LogP contribution in [0.25, 0.3) is 0 Å². The molecule has 0 radical (unpaired) electrons. The van der Waals surface area contributed by atoms with E-state index in [9.17, 15) is 0 Å². The van der Waals surface area contributed by atoms with Crippen molar-refractivity contribution >= 4 is 31.9 Å². The fraction of sp³-hybridized carbons (Fsp3) is 0.222. The lowest BCUT2D eigenvalue weighted by Gasteiger charge is -2.05. The zero-order valence-electron chi connectivity index (χ0n) is 6.96. The lowest BCUT2D eigenvalue weighted by atomic mass is 10.3. The van der Waals surface area contributed by atoms with Crippen LogP contribution < -0.4 is 0 Å². The fourth-order valence-electron chi connectivity index (χ4n) is 0.820. The molecule has 0 spiro atoms. The van der Waals surface area contributed by atoms with Gasteiger partial charge in [0.15, 0.2) is 0 Å². The number of ether oxygens (including phenoxy) is 1. The smallest absolute Gasteiger partial charge is 0.0744 e. The molecule has 0 aliphatic carbocycles. The van der Waals surface area contributed by atoms with E-state index in [0.29, 0.717) is 13.2 Å². The molecule has 70 valence electrons. The monoisotopic (exact) mass is 305 g/mol. The Labute approximate surface area is 94.3 Å².